The molecule has 1 heterocycles. The van der Waals surface area contributed by atoms with Crippen LogP contribution in [0.2, 0.25) is 0 Å². The lowest BCUT2D eigenvalue weighted by atomic mass is 10.1. The summed E-state index contributed by atoms with van der Waals surface area (Å²) in [5.41, 5.74) is 8.37. The van der Waals surface area contributed by atoms with Crippen molar-refractivity contribution in [2.75, 3.05) is 6.61 Å². The predicted octanol–water partition coefficient (Wildman–Crippen LogP) is 4.56. The Balaban J connectivity index is 0.000000868. The molecule has 126 valence electrons. The minimum absolute atomic E-state index is 0.00656. The van der Waals surface area contributed by atoms with E-state index in [1.54, 1.807) is 18.5 Å². The number of hydrogen-bond donors (Lipinski definition) is 1. The van der Waals surface area contributed by atoms with Gasteiger partial charge >= 0.3 is 0 Å². The highest BCUT2D eigenvalue weighted by atomic mass is 16.5. The van der Waals surface area contributed by atoms with Crippen LogP contribution in [-0.2, 0) is 6.42 Å². The largest absolute Gasteiger partial charge is 0.490 e. The monoisotopic (exact) mass is 314 g/mol. The maximum atomic E-state index is 6.05. The van der Waals surface area contributed by atoms with Crippen LogP contribution in [0.3, 0.4) is 0 Å². The summed E-state index contributed by atoms with van der Waals surface area (Å²) in [5, 5.41) is 0. The van der Waals surface area contributed by atoms with E-state index in [0.29, 0.717) is 6.61 Å². The summed E-state index contributed by atoms with van der Waals surface area (Å²) in [6.45, 7) is 11.7. The van der Waals surface area contributed by atoms with Gasteiger partial charge in [0.2, 0.25) is 0 Å². The lowest BCUT2D eigenvalue weighted by molar-refractivity contribution is 0.286. The van der Waals surface area contributed by atoms with Crippen molar-refractivity contribution in [3.05, 3.63) is 72.6 Å². The summed E-state index contributed by atoms with van der Waals surface area (Å²) in [7, 11) is 0. The van der Waals surface area contributed by atoms with Gasteiger partial charge in [-0.15, -0.1) is 6.58 Å². The highest BCUT2D eigenvalue weighted by Crippen LogP contribution is 2.11. The van der Waals surface area contributed by atoms with Crippen molar-refractivity contribution in [3.63, 3.8) is 0 Å². The van der Waals surface area contributed by atoms with E-state index in [1.807, 2.05) is 52.0 Å². The van der Waals surface area contributed by atoms with E-state index >= 15 is 0 Å². The molecule has 0 radical (unpaired) electrons. The molecule has 2 aromatic rings. The number of aryl methyl sites for hydroxylation is 1. The normalized spacial score (nSPS) is 10.3. The van der Waals surface area contributed by atoms with Gasteiger partial charge in [-0.3, -0.25) is 4.98 Å². The zero-order valence-corrected chi connectivity index (χ0v) is 14.8. The van der Waals surface area contributed by atoms with E-state index in [0.717, 1.165) is 17.7 Å². The molecule has 1 aromatic heterocycles. The third-order valence-corrected chi connectivity index (χ3v) is 2.65. The molecule has 0 bridgehead atoms. The van der Waals surface area contributed by atoms with E-state index < -0.39 is 0 Å². The third kappa shape index (κ3) is 10.3. The molecule has 0 saturated heterocycles. The van der Waals surface area contributed by atoms with Crippen molar-refractivity contribution in [3.8, 4) is 5.75 Å². The summed E-state index contributed by atoms with van der Waals surface area (Å²) in [4.78, 5) is 4.08. The molecule has 23 heavy (non-hydrogen) atoms. The predicted molar refractivity (Wildman–Crippen MR) is 99.8 cm³/mol. The summed E-state index contributed by atoms with van der Waals surface area (Å²) < 4.78 is 5.63. The molecular weight excluding hydrogens is 284 g/mol. The molecule has 0 saturated carbocycles. The van der Waals surface area contributed by atoms with Gasteiger partial charge < -0.3 is 10.5 Å². The Kier molecular flexibility index (Phi) is 12.3. The molecule has 0 amide bonds. The fraction of sp³-hybridized carbons (Fsp3) is 0.350. The van der Waals surface area contributed by atoms with Crippen LogP contribution >= 0.6 is 0 Å². The van der Waals surface area contributed by atoms with Gasteiger partial charge in [-0.2, -0.15) is 0 Å². The van der Waals surface area contributed by atoms with Crippen molar-refractivity contribution in [1.29, 1.82) is 0 Å². The SMILES string of the molecule is C=CC.CC.Cc1cncc(OCC(N)Cc2ccccc2)c1. The van der Waals surface area contributed by atoms with Crippen LogP contribution in [0.4, 0.5) is 0 Å². The van der Waals surface area contributed by atoms with E-state index in [4.69, 9.17) is 10.5 Å². The number of hydrogen-bond acceptors (Lipinski definition) is 3. The second-order valence-electron chi connectivity index (χ2n) is 4.87. The first kappa shape index (κ1) is 20.9. The Hall–Kier alpha value is -2.13. The maximum Gasteiger partial charge on any atom is 0.137 e. The zero-order valence-electron chi connectivity index (χ0n) is 14.8. The summed E-state index contributed by atoms with van der Waals surface area (Å²) in [5.74, 6) is 0.776. The van der Waals surface area contributed by atoms with Crippen LogP contribution < -0.4 is 10.5 Å². The number of allylic oxidation sites excluding steroid dienone is 1. The minimum Gasteiger partial charge on any atom is -0.490 e. The van der Waals surface area contributed by atoms with Crippen LogP contribution in [0, 0.1) is 6.92 Å². The molecule has 0 aliphatic carbocycles. The van der Waals surface area contributed by atoms with Gasteiger partial charge in [0.05, 0.1) is 6.20 Å². The fourth-order valence-electron chi connectivity index (χ4n) is 1.79. The number of rotatable bonds is 5. The van der Waals surface area contributed by atoms with Gasteiger partial charge in [0, 0.05) is 12.2 Å². The smallest absolute Gasteiger partial charge is 0.137 e. The molecule has 1 atom stereocenters. The molecule has 1 unspecified atom stereocenters. The lowest BCUT2D eigenvalue weighted by Gasteiger charge is -2.13. The molecule has 0 fully saturated rings. The molecule has 0 aliphatic rings. The standard InChI is InChI=1S/C15H18N2O.C3H6.C2H6/c1-12-7-15(10-17-9-12)18-11-14(16)8-13-5-3-2-4-6-13;1-3-2;1-2/h2-7,9-10,14H,8,11,16H2,1H3;3H,1H2,2H3;1-2H3. The van der Waals surface area contributed by atoms with Crippen LogP contribution in [-0.4, -0.2) is 17.6 Å². The maximum absolute atomic E-state index is 6.05. The first-order chi connectivity index (χ1) is 11.2. The van der Waals surface area contributed by atoms with Crippen molar-refractivity contribution >= 4 is 0 Å². The minimum atomic E-state index is -0.00656. The molecule has 0 spiro atoms. The quantitative estimate of drug-likeness (QED) is 0.823. The summed E-state index contributed by atoms with van der Waals surface area (Å²) >= 11 is 0. The van der Waals surface area contributed by atoms with Crippen LogP contribution in [0.15, 0.2) is 61.4 Å². The molecular formula is C20H30N2O. The summed E-state index contributed by atoms with van der Waals surface area (Å²) in [6, 6.07) is 12.2. The van der Waals surface area contributed by atoms with Crippen LogP contribution in [0.5, 0.6) is 5.75 Å². The number of pyridine rings is 1. The third-order valence-electron chi connectivity index (χ3n) is 2.65. The fourth-order valence-corrected chi connectivity index (χ4v) is 1.79. The van der Waals surface area contributed by atoms with Gasteiger partial charge in [0.1, 0.15) is 12.4 Å². The van der Waals surface area contributed by atoms with E-state index in [-0.39, 0.29) is 6.04 Å². The Bertz CT molecular complexity index is 526. The second-order valence-corrected chi connectivity index (χ2v) is 4.87. The number of nitrogens with zero attached hydrogens (tertiary/aromatic N) is 1. The number of aromatic nitrogens is 1. The topological polar surface area (TPSA) is 48.1 Å². The molecule has 3 nitrogen and oxygen atoms in total. The van der Waals surface area contributed by atoms with Crippen molar-refractivity contribution in [2.45, 2.75) is 40.2 Å². The Morgan fingerprint density at radius 2 is 1.83 bits per heavy atom. The number of nitrogens with two attached hydrogens (primary N) is 1. The van der Waals surface area contributed by atoms with Crippen molar-refractivity contribution in [2.24, 2.45) is 5.73 Å². The molecule has 2 rings (SSSR count). The van der Waals surface area contributed by atoms with Gasteiger partial charge in [0.25, 0.3) is 0 Å². The van der Waals surface area contributed by atoms with E-state index in [9.17, 15) is 0 Å². The zero-order chi connectivity index (χ0) is 17.5. The summed E-state index contributed by atoms with van der Waals surface area (Å²) in [6.07, 6.45) is 6.08. The Morgan fingerprint density at radius 3 is 2.39 bits per heavy atom. The van der Waals surface area contributed by atoms with E-state index in [2.05, 4.69) is 23.7 Å². The van der Waals surface area contributed by atoms with Gasteiger partial charge in [0.15, 0.2) is 0 Å². The number of ether oxygens (including phenoxy) is 1. The molecule has 3 heteroatoms. The van der Waals surface area contributed by atoms with Crippen LogP contribution in [0.25, 0.3) is 0 Å². The van der Waals surface area contributed by atoms with Gasteiger partial charge in [-0.1, -0.05) is 50.3 Å². The first-order valence-corrected chi connectivity index (χ1v) is 8.06. The first-order valence-electron chi connectivity index (χ1n) is 8.06. The average molecular weight is 314 g/mol. The van der Waals surface area contributed by atoms with Gasteiger partial charge in [-0.25, -0.2) is 0 Å². The number of benzene rings is 1. The van der Waals surface area contributed by atoms with Gasteiger partial charge in [-0.05, 0) is 37.5 Å². The Morgan fingerprint density at radius 1 is 1.22 bits per heavy atom. The van der Waals surface area contributed by atoms with Crippen molar-refractivity contribution in [1.82, 2.24) is 4.98 Å². The molecule has 2 N–H and O–H groups in total. The Labute approximate surface area is 141 Å². The van der Waals surface area contributed by atoms with Crippen molar-refractivity contribution < 1.29 is 4.74 Å². The average Bonchev–Trinajstić information content (AvgIpc) is 2.57. The lowest BCUT2D eigenvalue weighted by Crippen LogP contribution is -2.30. The van der Waals surface area contributed by atoms with E-state index in [1.165, 1.54) is 5.56 Å². The highest BCUT2D eigenvalue weighted by molar-refractivity contribution is 5.22. The molecule has 1 aromatic carbocycles. The highest BCUT2D eigenvalue weighted by Gasteiger charge is 2.05. The van der Waals surface area contributed by atoms with Crippen LogP contribution in [0.1, 0.15) is 31.9 Å². The second kappa shape index (κ2) is 13.5. The molecule has 0 aliphatic heterocycles.